The molecule has 0 aliphatic carbocycles. The third-order valence-corrected chi connectivity index (χ3v) is 1.75. The van der Waals surface area contributed by atoms with Crippen molar-refractivity contribution in [3.8, 4) is 11.5 Å². The zero-order valence-electron chi connectivity index (χ0n) is 7.83. The molecule has 15 heavy (non-hydrogen) atoms. The van der Waals surface area contributed by atoms with Crippen molar-refractivity contribution in [3.05, 3.63) is 48.5 Å². The van der Waals surface area contributed by atoms with E-state index in [-0.39, 0.29) is 0 Å². The molecule has 0 aliphatic rings. The van der Waals surface area contributed by atoms with Crippen LogP contribution in [0, 0.1) is 0 Å². The molecule has 0 aliphatic heterocycles. The second-order valence-electron chi connectivity index (χ2n) is 2.83. The quantitative estimate of drug-likeness (QED) is 0.712. The Labute approximate surface area is 86.6 Å². The minimum absolute atomic E-state index is 0.383. The summed E-state index contributed by atoms with van der Waals surface area (Å²) >= 11 is 0. The van der Waals surface area contributed by atoms with Gasteiger partial charge in [0, 0.05) is 6.20 Å². The molecule has 2 rings (SSSR count). The number of hydrogen-bond donors (Lipinski definition) is 0. The minimum Gasteiger partial charge on any atom is -0.454 e. The molecular formula is C11H8N2O2. The summed E-state index contributed by atoms with van der Waals surface area (Å²) < 4.78 is 5.44. The van der Waals surface area contributed by atoms with E-state index in [9.17, 15) is 4.79 Å². The molecule has 0 unspecified atom stereocenters. The summed E-state index contributed by atoms with van der Waals surface area (Å²) in [5, 5.41) is 0. The second-order valence-corrected chi connectivity index (χ2v) is 2.83. The molecule has 4 heteroatoms. The molecule has 74 valence electrons. The molecule has 0 radical (unpaired) electrons. The molecule has 2 aromatic heterocycles. The molecule has 4 nitrogen and oxygen atoms in total. The van der Waals surface area contributed by atoms with Gasteiger partial charge in [-0.3, -0.25) is 9.78 Å². The lowest BCUT2D eigenvalue weighted by Gasteiger charge is -2.03. The summed E-state index contributed by atoms with van der Waals surface area (Å²) in [5.41, 5.74) is 0.383. The van der Waals surface area contributed by atoms with Gasteiger partial charge in [-0.1, -0.05) is 0 Å². The number of carbonyl (C=O) groups is 1. The van der Waals surface area contributed by atoms with Crippen molar-refractivity contribution in [3.63, 3.8) is 0 Å². The van der Waals surface area contributed by atoms with E-state index < -0.39 is 0 Å². The zero-order chi connectivity index (χ0) is 10.5. The first-order valence-electron chi connectivity index (χ1n) is 4.37. The SMILES string of the molecule is O=Cc1ccc(Oc2cccnc2)cn1. The number of ether oxygens (including phenoxy) is 1. The maximum absolute atomic E-state index is 10.4. The number of carbonyl (C=O) groups excluding carboxylic acids is 1. The maximum atomic E-state index is 10.4. The van der Waals surface area contributed by atoms with Crippen molar-refractivity contribution in [2.45, 2.75) is 0 Å². The van der Waals surface area contributed by atoms with Crippen LogP contribution in [-0.2, 0) is 0 Å². The van der Waals surface area contributed by atoms with E-state index in [0.29, 0.717) is 23.5 Å². The molecule has 0 aromatic carbocycles. The van der Waals surface area contributed by atoms with Gasteiger partial charge in [-0.15, -0.1) is 0 Å². The fraction of sp³-hybridized carbons (Fsp3) is 0. The normalized spacial score (nSPS) is 9.60. The van der Waals surface area contributed by atoms with Crippen LogP contribution < -0.4 is 4.74 Å². The van der Waals surface area contributed by atoms with Crippen molar-refractivity contribution in [1.29, 1.82) is 0 Å². The van der Waals surface area contributed by atoms with E-state index in [1.807, 2.05) is 0 Å². The molecule has 2 aromatic rings. The Morgan fingerprint density at radius 2 is 2.00 bits per heavy atom. The van der Waals surface area contributed by atoms with E-state index >= 15 is 0 Å². The molecule has 0 saturated heterocycles. The van der Waals surface area contributed by atoms with Gasteiger partial charge in [0.25, 0.3) is 0 Å². The van der Waals surface area contributed by atoms with E-state index in [1.54, 1.807) is 36.7 Å². The monoisotopic (exact) mass is 200 g/mol. The van der Waals surface area contributed by atoms with Crippen LogP contribution in [0.2, 0.25) is 0 Å². The third-order valence-electron chi connectivity index (χ3n) is 1.75. The Hall–Kier alpha value is -2.23. The van der Waals surface area contributed by atoms with Crippen LogP contribution in [-0.4, -0.2) is 16.3 Å². The fourth-order valence-corrected chi connectivity index (χ4v) is 1.07. The Morgan fingerprint density at radius 3 is 2.60 bits per heavy atom. The number of aromatic nitrogens is 2. The van der Waals surface area contributed by atoms with Crippen LogP contribution in [0.3, 0.4) is 0 Å². The Balaban J connectivity index is 2.15. The molecule has 0 amide bonds. The number of pyridine rings is 2. The van der Waals surface area contributed by atoms with Crippen molar-refractivity contribution < 1.29 is 9.53 Å². The largest absolute Gasteiger partial charge is 0.454 e. The van der Waals surface area contributed by atoms with Gasteiger partial charge < -0.3 is 4.74 Å². The summed E-state index contributed by atoms with van der Waals surface area (Å²) in [6.07, 6.45) is 5.46. The molecule has 0 atom stereocenters. The van der Waals surface area contributed by atoms with Crippen molar-refractivity contribution in [2.75, 3.05) is 0 Å². The Bertz CT molecular complexity index is 440. The number of nitrogens with zero attached hydrogens (tertiary/aromatic N) is 2. The van der Waals surface area contributed by atoms with Crippen molar-refractivity contribution >= 4 is 6.29 Å². The highest BCUT2D eigenvalue weighted by atomic mass is 16.5. The molecule has 0 N–H and O–H groups in total. The lowest BCUT2D eigenvalue weighted by Crippen LogP contribution is -1.88. The third kappa shape index (κ3) is 2.37. The van der Waals surface area contributed by atoms with Gasteiger partial charge in [-0.05, 0) is 24.3 Å². The Morgan fingerprint density at radius 1 is 1.13 bits per heavy atom. The van der Waals surface area contributed by atoms with Crippen LogP contribution in [0.1, 0.15) is 10.5 Å². The summed E-state index contributed by atoms with van der Waals surface area (Å²) in [4.78, 5) is 18.2. The Kier molecular flexibility index (Phi) is 2.69. The van der Waals surface area contributed by atoms with Gasteiger partial charge in [0.05, 0.1) is 12.4 Å². The van der Waals surface area contributed by atoms with E-state index in [1.165, 1.54) is 6.20 Å². The molecule has 0 spiro atoms. The topological polar surface area (TPSA) is 52.1 Å². The maximum Gasteiger partial charge on any atom is 0.168 e. The van der Waals surface area contributed by atoms with Gasteiger partial charge in [0.1, 0.15) is 17.2 Å². The predicted octanol–water partition coefficient (Wildman–Crippen LogP) is 2.08. The smallest absolute Gasteiger partial charge is 0.168 e. The fourth-order valence-electron chi connectivity index (χ4n) is 1.07. The molecule has 2 heterocycles. The average molecular weight is 200 g/mol. The van der Waals surface area contributed by atoms with Crippen LogP contribution in [0.4, 0.5) is 0 Å². The van der Waals surface area contributed by atoms with Crippen LogP contribution in [0.25, 0.3) is 0 Å². The highest BCUT2D eigenvalue weighted by Gasteiger charge is 1.97. The molecule has 0 bridgehead atoms. The minimum atomic E-state index is 0.383. The summed E-state index contributed by atoms with van der Waals surface area (Å²) in [7, 11) is 0. The van der Waals surface area contributed by atoms with Gasteiger partial charge in [-0.2, -0.15) is 0 Å². The van der Waals surface area contributed by atoms with E-state index in [4.69, 9.17) is 4.74 Å². The first kappa shape index (κ1) is 9.33. The van der Waals surface area contributed by atoms with Gasteiger partial charge in [0.15, 0.2) is 6.29 Å². The average Bonchev–Trinajstić information content (AvgIpc) is 2.31. The molecular weight excluding hydrogens is 192 g/mol. The van der Waals surface area contributed by atoms with Crippen LogP contribution in [0.15, 0.2) is 42.9 Å². The summed E-state index contributed by atoms with van der Waals surface area (Å²) in [6.45, 7) is 0. The van der Waals surface area contributed by atoms with Gasteiger partial charge >= 0.3 is 0 Å². The van der Waals surface area contributed by atoms with Crippen LogP contribution in [0.5, 0.6) is 11.5 Å². The summed E-state index contributed by atoms with van der Waals surface area (Å²) in [6, 6.07) is 6.85. The number of rotatable bonds is 3. The lowest BCUT2D eigenvalue weighted by molar-refractivity contribution is 0.111. The van der Waals surface area contributed by atoms with Crippen LogP contribution >= 0.6 is 0 Å². The lowest BCUT2D eigenvalue weighted by atomic mass is 10.3. The van der Waals surface area contributed by atoms with E-state index in [0.717, 1.165) is 0 Å². The molecule has 0 fully saturated rings. The first-order chi connectivity index (χ1) is 7.38. The standard InChI is InChI=1S/C11H8N2O2/c14-8-9-3-4-11(7-13-9)15-10-2-1-5-12-6-10/h1-8H. The van der Waals surface area contributed by atoms with Gasteiger partial charge in [0.2, 0.25) is 0 Å². The van der Waals surface area contributed by atoms with Gasteiger partial charge in [-0.25, -0.2) is 4.98 Å². The summed E-state index contributed by atoms with van der Waals surface area (Å²) in [5.74, 6) is 1.21. The number of aldehydes is 1. The second kappa shape index (κ2) is 4.32. The van der Waals surface area contributed by atoms with Crippen molar-refractivity contribution in [2.24, 2.45) is 0 Å². The first-order valence-corrected chi connectivity index (χ1v) is 4.37. The molecule has 0 saturated carbocycles. The highest BCUT2D eigenvalue weighted by molar-refractivity contribution is 5.71. The predicted molar refractivity (Wildman–Crippen MR) is 53.9 cm³/mol. The highest BCUT2D eigenvalue weighted by Crippen LogP contribution is 2.18. The number of hydrogen-bond acceptors (Lipinski definition) is 4. The zero-order valence-corrected chi connectivity index (χ0v) is 7.83. The van der Waals surface area contributed by atoms with Crippen molar-refractivity contribution in [1.82, 2.24) is 9.97 Å². The van der Waals surface area contributed by atoms with E-state index in [2.05, 4.69) is 9.97 Å².